The summed E-state index contributed by atoms with van der Waals surface area (Å²) in [5.74, 6) is 0.654. The Kier molecular flexibility index (Phi) is 5.78. The molecule has 0 aliphatic carbocycles. The fourth-order valence-corrected chi connectivity index (χ4v) is 1.40. The van der Waals surface area contributed by atoms with Crippen LogP contribution in [0.4, 0.5) is 10.6 Å². The highest BCUT2D eigenvalue weighted by Crippen LogP contribution is 2.06. The number of aromatic nitrogens is 1. The zero-order valence-electron chi connectivity index (χ0n) is 12.1. The third-order valence-electron chi connectivity index (χ3n) is 2.19. The van der Waals surface area contributed by atoms with Crippen LogP contribution in [-0.2, 0) is 4.74 Å². The Balaban J connectivity index is 2.19. The zero-order valence-corrected chi connectivity index (χ0v) is 12.1. The van der Waals surface area contributed by atoms with E-state index in [1.165, 1.54) is 0 Å². The Labute approximate surface area is 119 Å². The molecule has 0 aromatic carbocycles. The lowest BCUT2D eigenvalue weighted by Crippen LogP contribution is -2.33. The van der Waals surface area contributed by atoms with Gasteiger partial charge in [0.05, 0.1) is 0 Å². The van der Waals surface area contributed by atoms with Crippen LogP contribution in [0.5, 0.6) is 0 Å². The smallest absolute Gasteiger partial charge is 0.407 e. The van der Waals surface area contributed by atoms with Gasteiger partial charge in [0.1, 0.15) is 23.2 Å². The summed E-state index contributed by atoms with van der Waals surface area (Å²) < 4.78 is 5.11. The maximum absolute atomic E-state index is 11.4. The van der Waals surface area contributed by atoms with Crippen molar-refractivity contribution in [3.63, 3.8) is 0 Å². The molecule has 1 amide bonds. The number of carbonyl (C=O) groups is 1. The van der Waals surface area contributed by atoms with Gasteiger partial charge in [0, 0.05) is 13.1 Å². The number of alkyl carbamates (subject to hydrolysis) is 1. The molecule has 0 saturated carbocycles. The van der Waals surface area contributed by atoms with E-state index in [-0.39, 0.29) is 0 Å². The lowest BCUT2D eigenvalue weighted by atomic mass is 10.2. The number of amides is 1. The molecule has 1 aromatic heterocycles. The zero-order chi connectivity index (χ0) is 15.0. The molecule has 0 bridgehead atoms. The van der Waals surface area contributed by atoms with Crippen LogP contribution < -0.4 is 10.6 Å². The van der Waals surface area contributed by atoms with Crippen molar-refractivity contribution in [2.45, 2.75) is 32.8 Å². The maximum Gasteiger partial charge on any atom is 0.407 e. The second-order valence-corrected chi connectivity index (χ2v) is 5.23. The summed E-state index contributed by atoms with van der Waals surface area (Å²) in [4.78, 5) is 15.5. The quantitative estimate of drug-likeness (QED) is 0.806. The summed E-state index contributed by atoms with van der Waals surface area (Å²) >= 11 is 0. The molecule has 1 aromatic rings. The molecule has 2 N–H and O–H groups in total. The van der Waals surface area contributed by atoms with E-state index in [4.69, 9.17) is 10.00 Å². The first kappa shape index (κ1) is 15.8. The van der Waals surface area contributed by atoms with Crippen molar-refractivity contribution in [2.24, 2.45) is 0 Å². The number of hydrogen-bond donors (Lipinski definition) is 2. The van der Waals surface area contributed by atoms with E-state index in [0.717, 1.165) is 6.42 Å². The molecule has 0 fully saturated rings. The van der Waals surface area contributed by atoms with Crippen LogP contribution in [0, 0.1) is 11.3 Å². The van der Waals surface area contributed by atoms with Crippen LogP contribution in [0.3, 0.4) is 0 Å². The molecule has 6 nitrogen and oxygen atoms in total. The third kappa shape index (κ3) is 6.59. The van der Waals surface area contributed by atoms with Crippen LogP contribution in [0.15, 0.2) is 18.2 Å². The highest BCUT2D eigenvalue weighted by atomic mass is 16.6. The second-order valence-electron chi connectivity index (χ2n) is 5.23. The number of hydrogen-bond acceptors (Lipinski definition) is 5. The standard InChI is InChI=1S/C14H20N4O2/c1-14(2,3)20-13(19)17-9-5-8-16-12-7-4-6-11(10-15)18-12/h4,6-7H,5,8-9H2,1-3H3,(H,16,18)(H,17,19). The number of anilines is 1. The van der Waals surface area contributed by atoms with E-state index < -0.39 is 11.7 Å². The van der Waals surface area contributed by atoms with Crippen LogP contribution >= 0.6 is 0 Å². The highest BCUT2D eigenvalue weighted by molar-refractivity contribution is 5.67. The summed E-state index contributed by atoms with van der Waals surface area (Å²) in [7, 11) is 0. The molecular formula is C14H20N4O2. The molecule has 6 heteroatoms. The average molecular weight is 276 g/mol. The predicted octanol–water partition coefficient (Wildman–Crippen LogP) is 2.28. The number of carbonyl (C=O) groups excluding carboxylic acids is 1. The molecule has 0 radical (unpaired) electrons. The Hall–Kier alpha value is -2.29. The molecule has 1 rings (SSSR count). The van der Waals surface area contributed by atoms with Crippen molar-refractivity contribution < 1.29 is 9.53 Å². The van der Waals surface area contributed by atoms with Crippen molar-refractivity contribution in [3.8, 4) is 6.07 Å². The van der Waals surface area contributed by atoms with Gasteiger partial charge in [0.15, 0.2) is 0 Å². The van der Waals surface area contributed by atoms with Gasteiger partial charge in [-0.05, 0) is 39.3 Å². The number of nitriles is 1. The molecule has 0 atom stereocenters. The molecule has 0 saturated heterocycles. The van der Waals surface area contributed by atoms with Crippen molar-refractivity contribution in [3.05, 3.63) is 23.9 Å². The fraction of sp³-hybridized carbons (Fsp3) is 0.500. The summed E-state index contributed by atoms with van der Waals surface area (Å²) in [6.07, 6.45) is 0.319. The first-order chi connectivity index (χ1) is 9.40. The topological polar surface area (TPSA) is 87.0 Å². The molecule has 1 heterocycles. The number of nitrogens with zero attached hydrogens (tertiary/aromatic N) is 2. The van der Waals surface area contributed by atoms with Gasteiger partial charge in [-0.2, -0.15) is 5.26 Å². The first-order valence-electron chi connectivity index (χ1n) is 6.48. The normalized spacial score (nSPS) is 10.5. The summed E-state index contributed by atoms with van der Waals surface area (Å²) in [6, 6.07) is 7.19. The van der Waals surface area contributed by atoms with Crippen molar-refractivity contribution in [1.82, 2.24) is 10.3 Å². The minimum Gasteiger partial charge on any atom is -0.444 e. The number of nitrogens with one attached hydrogen (secondary N) is 2. The van der Waals surface area contributed by atoms with Crippen LogP contribution in [-0.4, -0.2) is 29.8 Å². The molecule has 0 unspecified atom stereocenters. The van der Waals surface area contributed by atoms with Gasteiger partial charge in [-0.1, -0.05) is 6.07 Å². The molecule has 0 aliphatic heterocycles. The molecule has 108 valence electrons. The minimum atomic E-state index is -0.482. The monoisotopic (exact) mass is 276 g/mol. The van der Waals surface area contributed by atoms with Crippen molar-refractivity contribution >= 4 is 11.9 Å². The van der Waals surface area contributed by atoms with E-state index in [1.54, 1.807) is 18.2 Å². The van der Waals surface area contributed by atoms with E-state index in [9.17, 15) is 4.79 Å². The Morgan fingerprint density at radius 2 is 2.15 bits per heavy atom. The Morgan fingerprint density at radius 3 is 2.80 bits per heavy atom. The fourth-order valence-electron chi connectivity index (χ4n) is 1.40. The van der Waals surface area contributed by atoms with Gasteiger partial charge in [0.25, 0.3) is 0 Å². The molecule has 0 aliphatic rings. The van der Waals surface area contributed by atoms with E-state index in [1.807, 2.05) is 26.8 Å². The van der Waals surface area contributed by atoms with Gasteiger partial charge >= 0.3 is 6.09 Å². The lowest BCUT2D eigenvalue weighted by molar-refractivity contribution is 0.0528. The lowest BCUT2D eigenvalue weighted by Gasteiger charge is -2.19. The maximum atomic E-state index is 11.4. The van der Waals surface area contributed by atoms with Crippen LogP contribution in [0.25, 0.3) is 0 Å². The van der Waals surface area contributed by atoms with Gasteiger partial charge in [0.2, 0.25) is 0 Å². The van der Waals surface area contributed by atoms with Gasteiger partial charge in [-0.3, -0.25) is 0 Å². The summed E-state index contributed by atoms with van der Waals surface area (Å²) in [5.41, 5.74) is -0.105. The van der Waals surface area contributed by atoms with E-state index in [2.05, 4.69) is 15.6 Å². The van der Waals surface area contributed by atoms with Crippen molar-refractivity contribution in [1.29, 1.82) is 5.26 Å². The molecular weight excluding hydrogens is 256 g/mol. The molecule has 20 heavy (non-hydrogen) atoms. The van der Waals surface area contributed by atoms with E-state index in [0.29, 0.717) is 24.6 Å². The Bertz CT molecular complexity index is 489. The summed E-state index contributed by atoms with van der Waals surface area (Å²) in [6.45, 7) is 6.63. The predicted molar refractivity (Wildman–Crippen MR) is 76.3 cm³/mol. The highest BCUT2D eigenvalue weighted by Gasteiger charge is 2.15. The van der Waals surface area contributed by atoms with E-state index >= 15 is 0 Å². The summed E-state index contributed by atoms with van der Waals surface area (Å²) in [5, 5.41) is 14.5. The average Bonchev–Trinajstić information content (AvgIpc) is 2.36. The molecule has 0 spiro atoms. The van der Waals surface area contributed by atoms with Gasteiger partial charge in [-0.25, -0.2) is 9.78 Å². The SMILES string of the molecule is CC(C)(C)OC(=O)NCCCNc1cccc(C#N)n1. The second kappa shape index (κ2) is 7.34. The first-order valence-corrected chi connectivity index (χ1v) is 6.48. The number of ether oxygens (including phenoxy) is 1. The Morgan fingerprint density at radius 1 is 1.40 bits per heavy atom. The number of rotatable bonds is 5. The van der Waals surface area contributed by atoms with Crippen LogP contribution in [0.1, 0.15) is 32.9 Å². The number of pyridine rings is 1. The van der Waals surface area contributed by atoms with Gasteiger partial charge in [-0.15, -0.1) is 0 Å². The minimum absolute atomic E-state index is 0.377. The van der Waals surface area contributed by atoms with Gasteiger partial charge < -0.3 is 15.4 Å². The third-order valence-corrected chi connectivity index (χ3v) is 2.19. The van der Waals surface area contributed by atoms with Crippen molar-refractivity contribution in [2.75, 3.05) is 18.4 Å². The largest absolute Gasteiger partial charge is 0.444 e. The van der Waals surface area contributed by atoms with Crippen LogP contribution in [0.2, 0.25) is 0 Å².